The number of carbonyl (C=O) groups is 1. The molecule has 0 bridgehead atoms. The second-order valence-corrected chi connectivity index (χ2v) is 12.8. The van der Waals surface area contributed by atoms with Gasteiger partial charge in [-0.1, -0.05) is 129 Å². The first kappa shape index (κ1) is 35.3. The molecule has 0 saturated carbocycles. The lowest BCUT2D eigenvalue weighted by Gasteiger charge is -2.22. The molecule has 234 valence electrons. The number of cyclic esters (lactones) is 1. The predicted octanol–water partition coefficient (Wildman–Crippen LogP) is 9.12. The van der Waals surface area contributed by atoms with Crippen molar-refractivity contribution in [3.63, 3.8) is 0 Å². The van der Waals surface area contributed by atoms with Crippen molar-refractivity contribution in [2.45, 2.75) is 205 Å². The minimum Gasteiger partial charge on any atom is -0.455 e. The summed E-state index contributed by atoms with van der Waals surface area (Å²) in [5.41, 5.74) is 0.859. The van der Waals surface area contributed by atoms with Crippen LogP contribution in [0.4, 0.5) is 0 Å². The molecular formula is C35H64O5. The molecule has 1 fully saturated rings. The summed E-state index contributed by atoms with van der Waals surface area (Å²) < 4.78 is 11.2. The molecule has 0 aromatic heterocycles. The van der Waals surface area contributed by atoms with Crippen LogP contribution in [0, 0.1) is 0 Å². The average Bonchev–Trinajstić information content (AvgIpc) is 3.56. The highest BCUT2D eigenvalue weighted by molar-refractivity contribution is 5.90. The molecule has 5 heteroatoms. The van der Waals surface area contributed by atoms with E-state index in [0.29, 0.717) is 0 Å². The average molecular weight is 565 g/mol. The van der Waals surface area contributed by atoms with Gasteiger partial charge in [-0.25, -0.2) is 4.79 Å². The van der Waals surface area contributed by atoms with Crippen LogP contribution in [0.5, 0.6) is 0 Å². The Hall–Kier alpha value is -0.910. The van der Waals surface area contributed by atoms with Crippen LogP contribution in [0.25, 0.3) is 0 Å². The number of ether oxygens (including phenoxy) is 2. The van der Waals surface area contributed by atoms with Crippen LogP contribution in [0.15, 0.2) is 11.6 Å². The summed E-state index contributed by atoms with van der Waals surface area (Å²) in [7, 11) is 0. The second kappa shape index (κ2) is 22.7. The molecule has 40 heavy (non-hydrogen) atoms. The van der Waals surface area contributed by atoms with Crippen LogP contribution in [-0.4, -0.2) is 46.7 Å². The lowest BCUT2D eigenvalue weighted by molar-refractivity contribution is -0.139. The maximum absolute atomic E-state index is 11.6. The van der Waals surface area contributed by atoms with Crippen molar-refractivity contribution in [2.24, 2.45) is 0 Å². The monoisotopic (exact) mass is 564 g/mol. The van der Waals surface area contributed by atoms with Crippen LogP contribution in [0.1, 0.15) is 174 Å². The molecule has 2 heterocycles. The van der Waals surface area contributed by atoms with Gasteiger partial charge in [0.2, 0.25) is 0 Å². The van der Waals surface area contributed by atoms with E-state index in [1.165, 1.54) is 103 Å². The maximum Gasteiger partial charge on any atom is 0.334 e. The topological polar surface area (TPSA) is 76.0 Å². The Morgan fingerprint density at radius 3 is 1.48 bits per heavy atom. The Kier molecular flexibility index (Phi) is 20.0. The van der Waals surface area contributed by atoms with Crippen molar-refractivity contribution < 1.29 is 24.5 Å². The van der Waals surface area contributed by atoms with Crippen LogP contribution in [0.3, 0.4) is 0 Å². The van der Waals surface area contributed by atoms with Gasteiger partial charge in [0.1, 0.15) is 6.10 Å². The molecule has 0 amide bonds. The fourth-order valence-corrected chi connectivity index (χ4v) is 6.37. The summed E-state index contributed by atoms with van der Waals surface area (Å²) in [6.07, 6.45) is 30.5. The van der Waals surface area contributed by atoms with Crippen molar-refractivity contribution in [2.75, 3.05) is 0 Å². The van der Waals surface area contributed by atoms with Gasteiger partial charge in [-0.15, -0.1) is 0 Å². The zero-order valence-electron chi connectivity index (χ0n) is 26.3. The minimum atomic E-state index is -0.400. The van der Waals surface area contributed by atoms with E-state index in [4.69, 9.17) is 9.47 Å². The maximum atomic E-state index is 11.6. The third kappa shape index (κ3) is 15.9. The number of hydrogen-bond acceptors (Lipinski definition) is 5. The Bertz CT molecular complexity index is 662. The third-order valence-electron chi connectivity index (χ3n) is 8.98. The van der Waals surface area contributed by atoms with E-state index < -0.39 is 6.10 Å². The first-order valence-corrected chi connectivity index (χ1v) is 17.4. The summed E-state index contributed by atoms with van der Waals surface area (Å²) in [6.45, 7) is 4.18. The zero-order chi connectivity index (χ0) is 28.8. The van der Waals surface area contributed by atoms with Gasteiger partial charge in [-0.2, -0.15) is 0 Å². The number of rotatable bonds is 26. The van der Waals surface area contributed by atoms with Gasteiger partial charge in [0.25, 0.3) is 0 Å². The van der Waals surface area contributed by atoms with Crippen molar-refractivity contribution in [1.82, 2.24) is 0 Å². The molecule has 0 unspecified atom stereocenters. The van der Waals surface area contributed by atoms with Crippen molar-refractivity contribution in [1.29, 1.82) is 0 Å². The Morgan fingerprint density at radius 2 is 1.07 bits per heavy atom. The van der Waals surface area contributed by atoms with E-state index in [1.807, 2.05) is 13.0 Å². The van der Waals surface area contributed by atoms with Gasteiger partial charge in [-0.3, -0.25) is 0 Å². The number of carbonyl (C=O) groups excluding carboxylic acids is 1. The van der Waals surface area contributed by atoms with E-state index in [-0.39, 0.29) is 30.4 Å². The van der Waals surface area contributed by atoms with Crippen molar-refractivity contribution in [3.8, 4) is 0 Å². The van der Waals surface area contributed by atoms with E-state index in [9.17, 15) is 15.0 Å². The molecule has 1 saturated heterocycles. The van der Waals surface area contributed by atoms with Gasteiger partial charge in [-0.05, 0) is 51.5 Å². The van der Waals surface area contributed by atoms with Crippen LogP contribution in [-0.2, 0) is 14.3 Å². The lowest BCUT2D eigenvalue weighted by atomic mass is 10.00. The largest absolute Gasteiger partial charge is 0.455 e. The first-order valence-electron chi connectivity index (χ1n) is 17.4. The number of esters is 1. The fraction of sp³-hybridized carbons (Fsp3) is 0.914. The first-order chi connectivity index (χ1) is 19.5. The van der Waals surface area contributed by atoms with Crippen LogP contribution >= 0.6 is 0 Å². The van der Waals surface area contributed by atoms with E-state index in [0.717, 1.165) is 63.4 Å². The van der Waals surface area contributed by atoms with Crippen molar-refractivity contribution >= 4 is 5.97 Å². The molecule has 2 aliphatic heterocycles. The Morgan fingerprint density at radius 1 is 0.675 bits per heavy atom. The van der Waals surface area contributed by atoms with E-state index in [1.54, 1.807) is 0 Å². The minimum absolute atomic E-state index is 0.0526. The molecule has 5 atom stereocenters. The summed E-state index contributed by atoms with van der Waals surface area (Å²) in [5.74, 6) is -0.126. The highest BCUT2D eigenvalue weighted by Crippen LogP contribution is 2.28. The van der Waals surface area contributed by atoms with Crippen molar-refractivity contribution in [3.05, 3.63) is 11.6 Å². The molecule has 2 rings (SSSR count). The molecule has 0 aromatic rings. The van der Waals surface area contributed by atoms with Crippen LogP contribution < -0.4 is 0 Å². The molecule has 5 nitrogen and oxygen atoms in total. The van der Waals surface area contributed by atoms with E-state index in [2.05, 4.69) is 6.92 Å². The number of aliphatic hydroxyl groups is 2. The number of unbranched alkanes of at least 4 members (excludes halogenated alkanes) is 18. The molecule has 2 N–H and O–H groups in total. The van der Waals surface area contributed by atoms with E-state index >= 15 is 0 Å². The highest BCUT2D eigenvalue weighted by atomic mass is 16.5. The Labute approximate surface area is 246 Å². The Balaban J connectivity index is 1.36. The highest BCUT2D eigenvalue weighted by Gasteiger charge is 2.34. The standard InChI is InChI=1S/C35H64O5/c1-3-4-5-6-7-8-9-10-11-15-18-21-24-31(36)33-26-27-34(40-33)32(37)25-22-19-16-13-12-14-17-20-23-30-28-29(2)39-35(30)38/h28-29,31-34,36-37H,3-27H2,1-2H3/t29-,31+,32-,33+,34-/m1/s1. The molecule has 0 radical (unpaired) electrons. The predicted molar refractivity (Wildman–Crippen MR) is 165 cm³/mol. The second-order valence-electron chi connectivity index (χ2n) is 12.8. The molecule has 0 spiro atoms. The summed E-state index contributed by atoms with van der Waals surface area (Å²) in [4.78, 5) is 11.6. The lowest BCUT2D eigenvalue weighted by Crippen LogP contribution is -2.31. The fourth-order valence-electron chi connectivity index (χ4n) is 6.37. The quantitative estimate of drug-likeness (QED) is 0.0809. The van der Waals surface area contributed by atoms with Gasteiger partial charge >= 0.3 is 5.97 Å². The number of hydrogen-bond donors (Lipinski definition) is 2. The van der Waals surface area contributed by atoms with Gasteiger partial charge in [0, 0.05) is 5.57 Å². The SMILES string of the molecule is CCCCCCCCCCCCCC[C@H](O)[C@@H]1CC[C@H]([C@H](O)CCCCCCCCCCC2=C[C@@H](C)OC2=O)O1. The molecular weight excluding hydrogens is 500 g/mol. The summed E-state index contributed by atoms with van der Waals surface area (Å²) >= 11 is 0. The van der Waals surface area contributed by atoms with Gasteiger partial charge in [0.05, 0.1) is 24.4 Å². The molecule has 0 aliphatic carbocycles. The van der Waals surface area contributed by atoms with Gasteiger partial charge < -0.3 is 19.7 Å². The zero-order valence-corrected chi connectivity index (χ0v) is 26.3. The molecule has 0 aromatic carbocycles. The third-order valence-corrected chi connectivity index (χ3v) is 8.98. The summed E-state index contributed by atoms with van der Waals surface area (Å²) in [6, 6.07) is 0. The molecule has 2 aliphatic rings. The van der Waals surface area contributed by atoms with Crippen LogP contribution in [0.2, 0.25) is 0 Å². The number of aliphatic hydroxyl groups excluding tert-OH is 2. The normalized spacial score (nSPS) is 22.4. The summed E-state index contributed by atoms with van der Waals surface area (Å²) in [5, 5.41) is 21.2. The smallest absolute Gasteiger partial charge is 0.334 e. The van der Waals surface area contributed by atoms with Gasteiger partial charge in [0.15, 0.2) is 0 Å².